The number of nitrogens with two attached hydrogens (primary N) is 1. The predicted molar refractivity (Wildman–Crippen MR) is 127 cm³/mol. The number of carbonyl (C=O) groups excluding carboxylic acids is 1. The fourth-order valence-corrected chi connectivity index (χ4v) is 5.05. The fraction of sp³-hybridized carbons (Fsp3) is 0.0417. The Labute approximate surface area is 187 Å². The Morgan fingerprint density at radius 3 is 2.60 bits per heavy atom. The number of fused-ring (bicyclic) bond motifs is 3. The molecule has 148 valence electrons. The summed E-state index contributed by atoms with van der Waals surface area (Å²) >= 11 is 14.4. The maximum Gasteiger partial charge on any atom is 0.249 e. The van der Waals surface area contributed by atoms with Gasteiger partial charge in [0.15, 0.2) is 0 Å². The summed E-state index contributed by atoms with van der Waals surface area (Å²) in [6.45, 7) is 0.523. The predicted octanol–water partition coefficient (Wildman–Crippen LogP) is 6.98. The Morgan fingerprint density at radius 2 is 1.83 bits per heavy atom. The smallest absolute Gasteiger partial charge is 0.249 e. The van der Waals surface area contributed by atoms with Crippen LogP contribution in [0.2, 0.25) is 10.0 Å². The third kappa shape index (κ3) is 3.18. The van der Waals surface area contributed by atoms with Gasteiger partial charge in [-0.05, 0) is 59.0 Å². The zero-order valence-corrected chi connectivity index (χ0v) is 18.1. The fourth-order valence-electron chi connectivity index (χ4n) is 3.95. The van der Waals surface area contributed by atoms with Crippen molar-refractivity contribution in [3.63, 3.8) is 0 Å². The zero-order valence-electron chi connectivity index (χ0n) is 15.7. The molecule has 0 bridgehead atoms. The highest BCUT2D eigenvalue weighted by atomic mass is 35.5. The summed E-state index contributed by atoms with van der Waals surface area (Å²) in [4.78, 5) is 13.3. The molecule has 1 amide bonds. The standard InChI is InChI=1S/C24H16Cl2N2OS/c25-16-7-9-19(26)15(11-16)13-28-20-4-1-3-18(24(27)29)23(20)17-8-6-14(12-21(17)28)22-5-2-10-30-22/h1-12H,13H2,(H2,27,29). The highest BCUT2D eigenvalue weighted by Crippen LogP contribution is 2.36. The van der Waals surface area contributed by atoms with Crippen LogP contribution >= 0.6 is 34.5 Å². The highest BCUT2D eigenvalue weighted by molar-refractivity contribution is 7.13. The first-order valence-electron chi connectivity index (χ1n) is 9.35. The van der Waals surface area contributed by atoms with E-state index < -0.39 is 5.91 Å². The summed E-state index contributed by atoms with van der Waals surface area (Å²) in [7, 11) is 0. The number of hydrogen-bond acceptors (Lipinski definition) is 2. The summed E-state index contributed by atoms with van der Waals surface area (Å²) in [5.74, 6) is -0.442. The molecule has 0 fully saturated rings. The van der Waals surface area contributed by atoms with Gasteiger partial charge in [0.25, 0.3) is 0 Å². The molecule has 0 unspecified atom stereocenters. The molecule has 0 aliphatic heterocycles. The Kier molecular flexibility index (Phi) is 4.78. The van der Waals surface area contributed by atoms with Gasteiger partial charge in [-0.2, -0.15) is 0 Å². The average Bonchev–Trinajstić information content (AvgIpc) is 3.37. The van der Waals surface area contributed by atoms with E-state index in [1.165, 1.54) is 4.88 Å². The van der Waals surface area contributed by atoms with Gasteiger partial charge in [-0.25, -0.2) is 0 Å². The first kappa shape index (κ1) is 19.2. The van der Waals surface area contributed by atoms with Crippen molar-refractivity contribution in [3.05, 3.63) is 93.3 Å². The summed E-state index contributed by atoms with van der Waals surface area (Å²) < 4.78 is 2.17. The van der Waals surface area contributed by atoms with Crippen LogP contribution in [0.25, 0.3) is 32.2 Å². The van der Waals surface area contributed by atoms with Crippen LogP contribution in [-0.2, 0) is 6.54 Å². The van der Waals surface area contributed by atoms with Crippen molar-refractivity contribution >= 4 is 62.3 Å². The van der Waals surface area contributed by atoms with E-state index in [-0.39, 0.29) is 0 Å². The Morgan fingerprint density at radius 1 is 0.967 bits per heavy atom. The summed E-state index contributed by atoms with van der Waals surface area (Å²) in [5.41, 5.74) is 10.2. The lowest BCUT2D eigenvalue weighted by atomic mass is 10.0. The van der Waals surface area contributed by atoms with Gasteiger partial charge in [-0.3, -0.25) is 4.79 Å². The molecular weight excluding hydrogens is 435 g/mol. The first-order chi connectivity index (χ1) is 14.5. The van der Waals surface area contributed by atoms with Crippen molar-refractivity contribution in [2.45, 2.75) is 6.54 Å². The van der Waals surface area contributed by atoms with Crippen LogP contribution in [0.4, 0.5) is 0 Å². The molecule has 3 nitrogen and oxygen atoms in total. The molecule has 3 aromatic carbocycles. The maximum atomic E-state index is 12.2. The molecule has 0 spiro atoms. The number of hydrogen-bond donors (Lipinski definition) is 1. The molecule has 0 radical (unpaired) electrons. The summed E-state index contributed by atoms with van der Waals surface area (Å²) in [6.07, 6.45) is 0. The van der Waals surface area contributed by atoms with E-state index in [2.05, 4.69) is 34.2 Å². The maximum absolute atomic E-state index is 12.2. The molecule has 0 saturated carbocycles. The molecule has 2 N–H and O–H groups in total. The van der Waals surface area contributed by atoms with Crippen LogP contribution < -0.4 is 5.73 Å². The van der Waals surface area contributed by atoms with Crippen LogP contribution in [0.3, 0.4) is 0 Å². The highest BCUT2D eigenvalue weighted by Gasteiger charge is 2.18. The van der Waals surface area contributed by atoms with E-state index in [0.29, 0.717) is 22.2 Å². The second-order valence-corrected chi connectivity index (χ2v) is 8.89. The van der Waals surface area contributed by atoms with Crippen molar-refractivity contribution in [1.29, 1.82) is 0 Å². The van der Waals surface area contributed by atoms with Gasteiger partial charge in [-0.15, -0.1) is 11.3 Å². The minimum Gasteiger partial charge on any atom is -0.366 e. The lowest BCUT2D eigenvalue weighted by Crippen LogP contribution is -2.11. The average molecular weight is 451 g/mol. The normalized spacial score (nSPS) is 11.4. The van der Waals surface area contributed by atoms with Gasteiger partial charge >= 0.3 is 0 Å². The zero-order chi connectivity index (χ0) is 20.8. The molecule has 0 saturated heterocycles. The van der Waals surface area contributed by atoms with Gasteiger partial charge < -0.3 is 10.3 Å². The van der Waals surface area contributed by atoms with Crippen molar-refractivity contribution in [2.24, 2.45) is 5.73 Å². The number of primary amides is 1. The third-order valence-electron chi connectivity index (χ3n) is 5.30. The number of aromatic nitrogens is 1. The largest absolute Gasteiger partial charge is 0.366 e. The molecule has 5 aromatic rings. The van der Waals surface area contributed by atoms with Crippen LogP contribution in [0, 0.1) is 0 Å². The first-order valence-corrected chi connectivity index (χ1v) is 11.0. The molecule has 2 heterocycles. The topological polar surface area (TPSA) is 48.0 Å². The molecule has 6 heteroatoms. The van der Waals surface area contributed by atoms with E-state index in [1.54, 1.807) is 29.5 Å². The monoisotopic (exact) mass is 450 g/mol. The number of carbonyl (C=O) groups is 1. The minimum atomic E-state index is -0.442. The van der Waals surface area contributed by atoms with Crippen LogP contribution in [0.15, 0.2) is 72.1 Å². The second-order valence-electron chi connectivity index (χ2n) is 7.10. The number of amides is 1. The lowest BCUT2D eigenvalue weighted by molar-refractivity contribution is 0.100. The molecule has 0 atom stereocenters. The number of rotatable bonds is 4. The molecule has 30 heavy (non-hydrogen) atoms. The molecule has 5 rings (SSSR count). The van der Waals surface area contributed by atoms with Crippen molar-refractivity contribution < 1.29 is 4.79 Å². The van der Waals surface area contributed by atoms with Gasteiger partial charge in [0.1, 0.15) is 0 Å². The lowest BCUT2D eigenvalue weighted by Gasteiger charge is -2.11. The third-order valence-corrected chi connectivity index (χ3v) is 6.82. The van der Waals surface area contributed by atoms with Gasteiger partial charge in [-0.1, -0.05) is 47.5 Å². The number of nitrogens with zero attached hydrogens (tertiary/aromatic N) is 1. The summed E-state index contributed by atoms with van der Waals surface area (Å²) in [6, 6.07) is 21.5. The van der Waals surface area contributed by atoms with Crippen molar-refractivity contribution in [1.82, 2.24) is 4.57 Å². The summed E-state index contributed by atoms with van der Waals surface area (Å²) in [5, 5.41) is 5.18. The van der Waals surface area contributed by atoms with Gasteiger partial charge in [0, 0.05) is 37.8 Å². The van der Waals surface area contributed by atoms with Crippen molar-refractivity contribution in [3.8, 4) is 10.4 Å². The van der Waals surface area contributed by atoms with Crippen LogP contribution in [-0.4, -0.2) is 10.5 Å². The number of thiophene rings is 1. The number of benzene rings is 3. The van der Waals surface area contributed by atoms with Gasteiger partial charge in [0.2, 0.25) is 5.91 Å². The molecule has 0 aliphatic carbocycles. The van der Waals surface area contributed by atoms with E-state index >= 15 is 0 Å². The van der Waals surface area contributed by atoms with E-state index in [4.69, 9.17) is 28.9 Å². The van der Waals surface area contributed by atoms with E-state index in [0.717, 1.165) is 32.9 Å². The van der Waals surface area contributed by atoms with Crippen molar-refractivity contribution in [2.75, 3.05) is 0 Å². The Bertz CT molecular complexity index is 1420. The SMILES string of the molecule is NC(=O)c1cccc2c1c1ccc(-c3cccs3)cc1n2Cc1cc(Cl)ccc1Cl. The second kappa shape index (κ2) is 7.47. The van der Waals surface area contributed by atoms with Gasteiger partial charge in [0.05, 0.1) is 11.0 Å². The quantitative estimate of drug-likeness (QED) is 0.315. The van der Waals surface area contributed by atoms with Crippen LogP contribution in [0.5, 0.6) is 0 Å². The Balaban J connectivity index is 1.83. The molecule has 2 aromatic heterocycles. The molecular formula is C24H16Cl2N2OS. The number of halogens is 2. The Hall–Kier alpha value is -2.79. The molecule has 0 aliphatic rings. The minimum absolute atomic E-state index is 0.442. The van der Waals surface area contributed by atoms with E-state index in [9.17, 15) is 4.79 Å². The van der Waals surface area contributed by atoms with E-state index in [1.807, 2.05) is 24.3 Å². The van der Waals surface area contributed by atoms with Crippen LogP contribution in [0.1, 0.15) is 15.9 Å².